The Balaban J connectivity index is 1.54. The molecule has 8 nitrogen and oxygen atoms in total. The first-order valence-electron chi connectivity index (χ1n) is 9.10. The SMILES string of the molecule is COc1ccc(C(=O)Nc2ccc3oc(Cc4ccccc4)nc3c2)cc1[N+](=O)[O-]. The van der Waals surface area contributed by atoms with E-state index in [4.69, 9.17) is 9.15 Å². The third-order valence-electron chi connectivity index (χ3n) is 4.53. The highest BCUT2D eigenvalue weighted by Crippen LogP contribution is 2.28. The van der Waals surface area contributed by atoms with Crippen LogP contribution in [0.1, 0.15) is 21.8 Å². The van der Waals surface area contributed by atoms with Crippen LogP contribution in [0.5, 0.6) is 5.75 Å². The van der Waals surface area contributed by atoms with E-state index in [0.29, 0.717) is 29.1 Å². The lowest BCUT2D eigenvalue weighted by atomic mass is 10.1. The molecule has 0 radical (unpaired) electrons. The number of methoxy groups -OCH3 is 1. The highest BCUT2D eigenvalue weighted by Gasteiger charge is 2.18. The van der Waals surface area contributed by atoms with Crippen LogP contribution in [-0.4, -0.2) is 22.9 Å². The van der Waals surface area contributed by atoms with Crippen molar-refractivity contribution in [1.29, 1.82) is 0 Å². The van der Waals surface area contributed by atoms with Gasteiger partial charge in [0, 0.05) is 23.7 Å². The first-order chi connectivity index (χ1) is 14.5. The van der Waals surface area contributed by atoms with Crippen molar-refractivity contribution in [2.45, 2.75) is 6.42 Å². The number of hydrogen-bond donors (Lipinski definition) is 1. The molecule has 1 amide bonds. The minimum Gasteiger partial charge on any atom is -0.490 e. The number of nitro benzene ring substituents is 1. The number of fused-ring (bicyclic) bond motifs is 1. The maximum atomic E-state index is 12.6. The Morgan fingerprint density at radius 1 is 1.13 bits per heavy atom. The zero-order chi connectivity index (χ0) is 21.1. The second kappa shape index (κ2) is 8.04. The summed E-state index contributed by atoms with van der Waals surface area (Å²) >= 11 is 0. The summed E-state index contributed by atoms with van der Waals surface area (Å²) in [5.41, 5.74) is 2.68. The predicted octanol–water partition coefficient (Wildman–Crippen LogP) is 4.59. The van der Waals surface area contributed by atoms with Crippen molar-refractivity contribution >= 4 is 28.4 Å². The van der Waals surface area contributed by atoms with Crippen LogP contribution >= 0.6 is 0 Å². The van der Waals surface area contributed by atoms with Gasteiger partial charge in [-0.15, -0.1) is 0 Å². The summed E-state index contributed by atoms with van der Waals surface area (Å²) in [7, 11) is 1.33. The number of benzene rings is 3. The zero-order valence-corrected chi connectivity index (χ0v) is 16.0. The molecule has 1 N–H and O–H groups in total. The monoisotopic (exact) mass is 403 g/mol. The van der Waals surface area contributed by atoms with Gasteiger partial charge in [0.15, 0.2) is 17.2 Å². The Kier molecular flexibility index (Phi) is 5.13. The minimum atomic E-state index is -0.592. The molecule has 0 fully saturated rings. The van der Waals surface area contributed by atoms with Gasteiger partial charge in [-0.05, 0) is 35.9 Å². The highest BCUT2D eigenvalue weighted by molar-refractivity contribution is 6.05. The van der Waals surface area contributed by atoms with E-state index in [1.165, 1.54) is 25.3 Å². The van der Waals surface area contributed by atoms with Crippen LogP contribution in [0.3, 0.4) is 0 Å². The van der Waals surface area contributed by atoms with Crippen LogP contribution in [-0.2, 0) is 6.42 Å². The average Bonchev–Trinajstić information content (AvgIpc) is 3.15. The van der Waals surface area contributed by atoms with Crippen molar-refractivity contribution in [2.75, 3.05) is 12.4 Å². The molecule has 150 valence electrons. The van der Waals surface area contributed by atoms with Gasteiger partial charge in [0.1, 0.15) is 5.52 Å². The van der Waals surface area contributed by atoms with Crippen LogP contribution in [0.2, 0.25) is 0 Å². The smallest absolute Gasteiger partial charge is 0.311 e. The summed E-state index contributed by atoms with van der Waals surface area (Å²) in [4.78, 5) is 27.6. The Labute approximate surface area is 171 Å². The molecule has 0 aliphatic carbocycles. The van der Waals surface area contributed by atoms with Gasteiger partial charge in [-0.1, -0.05) is 30.3 Å². The van der Waals surface area contributed by atoms with Crippen LogP contribution in [0.25, 0.3) is 11.1 Å². The molecular weight excluding hydrogens is 386 g/mol. The molecule has 0 saturated carbocycles. The Morgan fingerprint density at radius 2 is 1.93 bits per heavy atom. The molecule has 0 atom stereocenters. The Bertz CT molecular complexity index is 1230. The van der Waals surface area contributed by atoms with Crippen molar-refractivity contribution in [3.05, 3.63) is 93.9 Å². The largest absolute Gasteiger partial charge is 0.490 e. The highest BCUT2D eigenvalue weighted by atomic mass is 16.6. The molecule has 0 unspecified atom stereocenters. The molecule has 0 aliphatic rings. The first-order valence-corrected chi connectivity index (χ1v) is 9.10. The number of nitrogens with zero attached hydrogens (tertiary/aromatic N) is 2. The number of amides is 1. The van der Waals surface area contributed by atoms with Crippen LogP contribution in [0.15, 0.2) is 71.1 Å². The second-order valence-electron chi connectivity index (χ2n) is 6.55. The van der Waals surface area contributed by atoms with Gasteiger partial charge in [-0.3, -0.25) is 14.9 Å². The van der Waals surface area contributed by atoms with Crippen molar-refractivity contribution in [3.63, 3.8) is 0 Å². The maximum absolute atomic E-state index is 12.6. The standard InChI is InChI=1S/C22H17N3O5/c1-29-20-9-7-15(12-18(20)25(27)28)22(26)23-16-8-10-19-17(13-16)24-21(30-19)11-14-5-3-2-4-6-14/h2-10,12-13H,11H2,1H3,(H,23,26). The molecular formula is C22H17N3O5. The number of rotatable bonds is 6. The van der Waals surface area contributed by atoms with Gasteiger partial charge in [-0.25, -0.2) is 4.98 Å². The number of nitrogens with one attached hydrogen (secondary N) is 1. The van der Waals surface area contributed by atoms with E-state index in [1.807, 2.05) is 30.3 Å². The van der Waals surface area contributed by atoms with E-state index in [9.17, 15) is 14.9 Å². The van der Waals surface area contributed by atoms with Crippen LogP contribution < -0.4 is 10.1 Å². The van der Waals surface area contributed by atoms with E-state index in [-0.39, 0.29) is 17.0 Å². The molecule has 0 spiro atoms. The lowest BCUT2D eigenvalue weighted by Gasteiger charge is -2.06. The fraction of sp³-hybridized carbons (Fsp3) is 0.0909. The van der Waals surface area contributed by atoms with Gasteiger partial charge in [0.05, 0.1) is 12.0 Å². The number of carbonyl (C=O) groups is 1. The topological polar surface area (TPSA) is 108 Å². The molecule has 4 rings (SSSR count). The number of oxazole rings is 1. The number of hydrogen-bond acceptors (Lipinski definition) is 6. The van der Waals surface area contributed by atoms with Crippen LogP contribution in [0, 0.1) is 10.1 Å². The molecule has 30 heavy (non-hydrogen) atoms. The molecule has 4 aromatic rings. The lowest BCUT2D eigenvalue weighted by Crippen LogP contribution is -2.12. The average molecular weight is 403 g/mol. The molecule has 0 bridgehead atoms. The van der Waals surface area contributed by atoms with Gasteiger partial charge in [-0.2, -0.15) is 0 Å². The number of anilines is 1. The van der Waals surface area contributed by atoms with Gasteiger partial charge >= 0.3 is 5.69 Å². The number of carbonyl (C=O) groups excluding carboxylic acids is 1. The summed E-state index contributed by atoms with van der Waals surface area (Å²) in [5.74, 6) is 0.185. The van der Waals surface area contributed by atoms with Crippen LogP contribution in [0.4, 0.5) is 11.4 Å². The molecule has 8 heteroatoms. The fourth-order valence-electron chi connectivity index (χ4n) is 3.08. The molecule has 1 aromatic heterocycles. The zero-order valence-electron chi connectivity index (χ0n) is 16.0. The van der Waals surface area contributed by atoms with E-state index in [2.05, 4.69) is 10.3 Å². The van der Waals surface area contributed by atoms with E-state index in [1.54, 1.807) is 18.2 Å². The van der Waals surface area contributed by atoms with Crippen molar-refractivity contribution in [1.82, 2.24) is 4.98 Å². The summed E-state index contributed by atoms with van der Waals surface area (Å²) in [5, 5.41) is 13.9. The summed E-state index contributed by atoms with van der Waals surface area (Å²) in [6.45, 7) is 0. The van der Waals surface area contributed by atoms with Gasteiger partial charge < -0.3 is 14.5 Å². The predicted molar refractivity (Wildman–Crippen MR) is 111 cm³/mol. The van der Waals surface area contributed by atoms with E-state index in [0.717, 1.165) is 5.56 Å². The normalized spacial score (nSPS) is 10.7. The lowest BCUT2D eigenvalue weighted by molar-refractivity contribution is -0.385. The maximum Gasteiger partial charge on any atom is 0.311 e. The van der Waals surface area contributed by atoms with Gasteiger partial charge in [0.2, 0.25) is 0 Å². The number of ether oxygens (including phenoxy) is 1. The number of nitro groups is 1. The summed E-state index contributed by atoms with van der Waals surface area (Å²) < 4.78 is 10.7. The third-order valence-corrected chi connectivity index (χ3v) is 4.53. The van der Waals surface area contributed by atoms with Crippen molar-refractivity contribution < 1.29 is 18.9 Å². The number of aromatic nitrogens is 1. The van der Waals surface area contributed by atoms with E-state index >= 15 is 0 Å². The second-order valence-corrected chi connectivity index (χ2v) is 6.55. The third kappa shape index (κ3) is 3.97. The minimum absolute atomic E-state index is 0.0894. The Hall–Kier alpha value is -4.20. The Morgan fingerprint density at radius 3 is 2.67 bits per heavy atom. The quantitative estimate of drug-likeness (QED) is 0.373. The molecule has 0 aliphatic heterocycles. The van der Waals surface area contributed by atoms with Crippen molar-refractivity contribution in [3.8, 4) is 5.75 Å². The molecule has 1 heterocycles. The van der Waals surface area contributed by atoms with E-state index < -0.39 is 10.8 Å². The first kappa shape index (κ1) is 19.1. The summed E-state index contributed by atoms with van der Waals surface area (Å²) in [6, 6.07) is 19.0. The van der Waals surface area contributed by atoms with Crippen molar-refractivity contribution in [2.24, 2.45) is 0 Å². The van der Waals surface area contributed by atoms with Gasteiger partial charge in [0.25, 0.3) is 5.91 Å². The summed E-state index contributed by atoms with van der Waals surface area (Å²) in [6.07, 6.45) is 0.562. The molecule has 3 aromatic carbocycles. The fourth-order valence-corrected chi connectivity index (χ4v) is 3.08. The molecule has 0 saturated heterocycles.